The predicted octanol–water partition coefficient (Wildman–Crippen LogP) is 4.77. The van der Waals surface area contributed by atoms with Gasteiger partial charge in [-0.3, -0.25) is 4.79 Å². The number of rotatable bonds is 6. The largest absolute Gasteiger partial charge is 0.573 e. The highest BCUT2D eigenvalue weighted by molar-refractivity contribution is 7.99. The van der Waals surface area contributed by atoms with Crippen LogP contribution in [0.15, 0.2) is 48.5 Å². The molecule has 0 bridgehead atoms. The summed E-state index contributed by atoms with van der Waals surface area (Å²) in [6, 6.07) is 13.1. The van der Waals surface area contributed by atoms with E-state index in [0.29, 0.717) is 11.4 Å². The van der Waals surface area contributed by atoms with Gasteiger partial charge in [0.15, 0.2) is 0 Å². The minimum absolute atomic E-state index is 0.211. The number of hydrogen-bond acceptors (Lipinski definition) is 3. The highest BCUT2D eigenvalue weighted by atomic mass is 32.2. The molecule has 1 amide bonds. The fourth-order valence-corrected chi connectivity index (χ4v) is 2.78. The number of carbonyl (C=O) groups is 1. The van der Waals surface area contributed by atoms with Crippen LogP contribution in [0.3, 0.4) is 0 Å². The maximum absolute atomic E-state index is 12.1. The van der Waals surface area contributed by atoms with E-state index in [9.17, 15) is 18.0 Å². The summed E-state index contributed by atoms with van der Waals surface area (Å²) in [7, 11) is 0. The molecule has 0 aliphatic heterocycles. The Balaban J connectivity index is 1.78. The number of aryl methyl sites for hydroxylation is 1. The van der Waals surface area contributed by atoms with Gasteiger partial charge in [0, 0.05) is 11.4 Å². The van der Waals surface area contributed by atoms with Crippen molar-refractivity contribution in [3.63, 3.8) is 0 Å². The third kappa shape index (κ3) is 6.54. The number of halogens is 3. The van der Waals surface area contributed by atoms with Crippen molar-refractivity contribution in [1.82, 2.24) is 0 Å². The lowest BCUT2D eigenvalue weighted by Gasteiger charge is -2.10. The van der Waals surface area contributed by atoms with Gasteiger partial charge in [-0.25, -0.2) is 0 Å². The van der Waals surface area contributed by atoms with Gasteiger partial charge < -0.3 is 10.1 Å². The van der Waals surface area contributed by atoms with Crippen LogP contribution in [0.2, 0.25) is 0 Å². The van der Waals surface area contributed by atoms with Gasteiger partial charge in [-0.2, -0.15) is 0 Å². The van der Waals surface area contributed by atoms with Crippen LogP contribution in [0, 0.1) is 6.92 Å². The summed E-state index contributed by atoms with van der Waals surface area (Å²) < 4.78 is 40.0. The van der Waals surface area contributed by atoms with Gasteiger partial charge in [-0.15, -0.1) is 24.9 Å². The first kappa shape index (κ1) is 18.2. The van der Waals surface area contributed by atoms with E-state index in [4.69, 9.17) is 0 Å². The molecule has 0 saturated heterocycles. The fourth-order valence-electron chi connectivity index (χ4n) is 2.00. The van der Waals surface area contributed by atoms with Crippen LogP contribution >= 0.6 is 11.8 Å². The number of nitrogens with one attached hydrogen (secondary N) is 1. The Morgan fingerprint density at radius 1 is 1.17 bits per heavy atom. The van der Waals surface area contributed by atoms with Crippen molar-refractivity contribution in [2.24, 2.45) is 0 Å². The highest BCUT2D eigenvalue weighted by Gasteiger charge is 2.30. The van der Waals surface area contributed by atoms with Crippen LogP contribution in [0.5, 0.6) is 5.75 Å². The first-order valence-electron chi connectivity index (χ1n) is 7.11. The van der Waals surface area contributed by atoms with E-state index in [1.165, 1.54) is 29.5 Å². The van der Waals surface area contributed by atoms with E-state index in [0.717, 1.165) is 17.7 Å². The molecule has 0 unspecified atom stereocenters. The van der Waals surface area contributed by atoms with E-state index in [1.54, 1.807) is 0 Å². The molecule has 0 atom stereocenters. The predicted molar refractivity (Wildman–Crippen MR) is 89.1 cm³/mol. The summed E-state index contributed by atoms with van der Waals surface area (Å²) in [5, 5.41) is 2.63. The molecular weight excluding hydrogens is 339 g/mol. The summed E-state index contributed by atoms with van der Waals surface area (Å²) in [5.41, 5.74) is 2.73. The van der Waals surface area contributed by atoms with E-state index >= 15 is 0 Å². The Hall–Kier alpha value is -2.15. The van der Waals surface area contributed by atoms with Crippen molar-refractivity contribution in [1.29, 1.82) is 0 Å². The molecule has 0 spiro atoms. The van der Waals surface area contributed by atoms with Crippen molar-refractivity contribution in [2.75, 3.05) is 11.1 Å². The summed E-state index contributed by atoms with van der Waals surface area (Å²) in [6.45, 7) is 2.01. The summed E-state index contributed by atoms with van der Waals surface area (Å²) in [5.74, 6) is 0.439. The molecule has 0 aliphatic rings. The van der Waals surface area contributed by atoms with Crippen LogP contribution in [0.4, 0.5) is 18.9 Å². The second-order valence-electron chi connectivity index (χ2n) is 5.10. The minimum Gasteiger partial charge on any atom is -0.406 e. The van der Waals surface area contributed by atoms with Crippen molar-refractivity contribution in [2.45, 2.75) is 19.0 Å². The zero-order valence-corrected chi connectivity index (χ0v) is 13.7. The smallest absolute Gasteiger partial charge is 0.406 e. The molecule has 24 heavy (non-hydrogen) atoms. The minimum atomic E-state index is -4.73. The molecule has 2 aromatic carbocycles. The van der Waals surface area contributed by atoms with E-state index < -0.39 is 6.36 Å². The highest BCUT2D eigenvalue weighted by Crippen LogP contribution is 2.24. The number of anilines is 1. The van der Waals surface area contributed by atoms with Gasteiger partial charge in [0.1, 0.15) is 5.75 Å². The van der Waals surface area contributed by atoms with Crippen molar-refractivity contribution >= 4 is 23.4 Å². The number of ether oxygens (including phenoxy) is 1. The summed E-state index contributed by atoms with van der Waals surface area (Å²) in [6.07, 6.45) is -4.73. The molecular formula is C17H16F3NO2S. The maximum atomic E-state index is 12.1. The lowest BCUT2D eigenvalue weighted by atomic mass is 10.2. The average molecular weight is 355 g/mol. The second-order valence-corrected chi connectivity index (χ2v) is 6.09. The van der Waals surface area contributed by atoms with Gasteiger partial charge in [0.25, 0.3) is 0 Å². The van der Waals surface area contributed by atoms with Gasteiger partial charge >= 0.3 is 6.36 Å². The molecule has 128 valence electrons. The Labute approximate surface area is 142 Å². The standard InChI is InChI=1S/C17H16F3NO2S/c1-12-3-2-4-13(9-12)10-24-11-16(22)21-14-5-7-15(8-6-14)23-17(18,19)20/h2-9H,10-11H2,1H3,(H,21,22). The molecule has 0 aliphatic carbocycles. The third-order valence-electron chi connectivity index (χ3n) is 2.96. The fraction of sp³-hybridized carbons (Fsp3) is 0.235. The molecule has 0 radical (unpaired) electrons. The summed E-state index contributed by atoms with van der Waals surface area (Å²) in [4.78, 5) is 11.8. The SMILES string of the molecule is Cc1cccc(CSCC(=O)Nc2ccc(OC(F)(F)F)cc2)c1. The second kappa shape index (κ2) is 8.10. The third-order valence-corrected chi connectivity index (χ3v) is 3.96. The van der Waals surface area contributed by atoms with Crippen molar-refractivity contribution in [3.8, 4) is 5.75 Å². The Kier molecular flexibility index (Phi) is 6.14. The quantitative estimate of drug-likeness (QED) is 0.811. The number of carbonyl (C=O) groups excluding carboxylic acids is 1. The van der Waals surface area contributed by atoms with Crippen LogP contribution in [0.25, 0.3) is 0 Å². The van der Waals surface area contributed by atoms with Crippen LogP contribution in [0.1, 0.15) is 11.1 Å². The summed E-state index contributed by atoms with van der Waals surface area (Å²) >= 11 is 1.47. The monoisotopic (exact) mass is 355 g/mol. The molecule has 0 aromatic heterocycles. The van der Waals surface area contributed by atoms with Crippen molar-refractivity contribution < 1.29 is 22.7 Å². The van der Waals surface area contributed by atoms with Crippen LogP contribution in [-0.4, -0.2) is 18.0 Å². The average Bonchev–Trinajstić information content (AvgIpc) is 2.48. The number of hydrogen-bond donors (Lipinski definition) is 1. The van der Waals surface area contributed by atoms with Gasteiger partial charge in [0.05, 0.1) is 5.75 Å². The lowest BCUT2D eigenvalue weighted by Crippen LogP contribution is -2.17. The molecule has 0 fully saturated rings. The number of alkyl halides is 3. The molecule has 0 saturated carbocycles. The van der Waals surface area contributed by atoms with E-state index in [-0.39, 0.29) is 17.4 Å². The molecule has 2 aromatic rings. The maximum Gasteiger partial charge on any atom is 0.573 e. The number of amides is 1. The van der Waals surface area contributed by atoms with Crippen LogP contribution < -0.4 is 10.1 Å². The van der Waals surface area contributed by atoms with E-state index in [2.05, 4.69) is 16.1 Å². The molecule has 1 N–H and O–H groups in total. The normalized spacial score (nSPS) is 11.2. The zero-order valence-electron chi connectivity index (χ0n) is 12.9. The van der Waals surface area contributed by atoms with Gasteiger partial charge in [0.2, 0.25) is 5.91 Å². The molecule has 3 nitrogen and oxygen atoms in total. The van der Waals surface area contributed by atoms with Crippen molar-refractivity contribution in [3.05, 3.63) is 59.7 Å². The molecule has 0 heterocycles. The molecule has 2 rings (SSSR count). The van der Waals surface area contributed by atoms with Crippen LogP contribution in [-0.2, 0) is 10.5 Å². The topological polar surface area (TPSA) is 38.3 Å². The van der Waals surface area contributed by atoms with Gasteiger partial charge in [-0.05, 0) is 36.8 Å². The van der Waals surface area contributed by atoms with Gasteiger partial charge in [-0.1, -0.05) is 29.8 Å². The first-order chi connectivity index (χ1) is 11.3. The first-order valence-corrected chi connectivity index (χ1v) is 8.26. The number of benzene rings is 2. The lowest BCUT2D eigenvalue weighted by molar-refractivity contribution is -0.274. The molecule has 7 heteroatoms. The Morgan fingerprint density at radius 3 is 2.50 bits per heavy atom. The number of thioether (sulfide) groups is 1. The Bertz CT molecular complexity index is 687. The van der Waals surface area contributed by atoms with E-state index in [1.807, 2.05) is 25.1 Å². The zero-order chi connectivity index (χ0) is 17.6. The Morgan fingerprint density at radius 2 is 1.88 bits per heavy atom.